The summed E-state index contributed by atoms with van der Waals surface area (Å²) in [7, 11) is 1.50. The number of esters is 1. The van der Waals surface area contributed by atoms with Gasteiger partial charge in [-0.2, -0.15) is 0 Å². The van der Waals surface area contributed by atoms with E-state index in [4.69, 9.17) is 29.9 Å². The average Bonchev–Trinajstić information content (AvgIpc) is 2.75. The smallest absolute Gasteiger partial charge is 0.312 e. The molecule has 0 amide bonds. The predicted molar refractivity (Wildman–Crippen MR) is 109 cm³/mol. The summed E-state index contributed by atoms with van der Waals surface area (Å²) in [5.74, 6) is -0.504. The molecule has 0 unspecified atom stereocenters. The summed E-state index contributed by atoms with van der Waals surface area (Å²) < 4.78 is 21.8. The van der Waals surface area contributed by atoms with Gasteiger partial charge in [-0.25, -0.2) is 0 Å². The van der Waals surface area contributed by atoms with Crippen molar-refractivity contribution in [3.05, 3.63) is 79.5 Å². The molecular formula is C22H13ClO7. The number of methoxy groups -OCH3 is 1. The zero-order chi connectivity index (χ0) is 21.0. The molecule has 1 aliphatic heterocycles. The van der Waals surface area contributed by atoms with Gasteiger partial charge in [-0.05, 0) is 30.3 Å². The van der Waals surface area contributed by atoms with Crippen LogP contribution in [0.15, 0.2) is 61.3 Å². The third kappa shape index (κ3) is 2.70. The summed E-state index contributed by atoms with van der Waals surface area (Å²) in [4.78, 5) is 38.0. The molecule has 4 aromatic rings. The van der Waals surface area contributed by atoms with Crippen molar-refractivity contribution in [1.29, 1.82) is 0 Å². The predicted octanol–water partition coefficient (Wildman–Crippen LogP) is 4.00. The maximum absolute atomic E-state index is 13.3. The lowest BCUT2D eigenvalue weighted by molar-refractivity contribution is -0.135. The SMILES string of the molecule is COc1ccc2occ([C@@H]3CC(=O)Oc4ccc5c(=O)c(Cl)coc5c43)c(=O)c2c1. The first-order valence-corrected chi connectivity index (χ1v) is 9.39. The normalized spacial score (nSPS) is 15.8. The van der Waals surface area contributed by atoms with Gasteiger partial charge in [0.25, 0.3) is 0 Å². The maximum Gasteiger partial charge on any atom is 0.312 e. The number of hydrogen-bond donors (Lipinski definition) is 0. The van der Waals surface area contributed by atoms with Crippen LogP contribution in [0.25, 0.3) is 21.9 Å². The Morgan fingerprint density at radius 1 is 1.00 bits per heavy atom. The molecular weight excluding hydrogens is 412 g/mol. The third-order valence-corrected chi connectivity index (χ3v) is 5.48. The van der Waals surface area contributed by atoms with Crippen LogP contribution in [0, 0.1) is 0 Å². The standard InChI is InChI=1S/C22H13ClO7/c1-27-10-2-4-16-13(6-10)20(25)14(8-28-16)12-7-18(24)30-17-5-3-11-21(26)15(23)9-29-22(11)19(12)17/h2-6,8-9,12H,7H2,1H3/t12-/m0/s1. The van der Waals surface area contributed by atoms with Crippen molar-refractivity contribution in [3.8, 4) is 11.5 Å². The minimum absolute atomic E-state index is 0.0656. The zero-order valence-corrected chi connectivity index (χ0v) is 16.3. The second-order valence-electron chi connectivity index (χ2n) is 6.88. The fourth-order valence-electron chi connectivity index (χ4n) is 3.79. The lowest BCUT2D eigenvalue weighted by atomic mass is 9.85. The Morgan fingerprint density at radius 2 is 1.83 bits per heavy atom. The summed E-state index contributed by atoms with van der Waals surface area (Å²) in [5, 5.41) is 0.484. The lowest BCUT2D eigenvalue weighted by Crippen LogP contribution is -2.25. The van der Waals surface area contributed by atoms with Crippen LogP contribution in [0.3, 0.4) is 0 Å². The summed E-state index contributed by atoms with van der Waals surface area (Å²) in [5.41, 5.74) is 0.554. The van der Waals surface area contributed by atoms with Crippen LogP contribution in [-0.2, 0) is 4.79 Å². The minimum atomic E-state index is -0.721. The Bertz CT molecular complexity index is 1460. The van der Waals surface area contributed by atoms with E-state index < -0.39 is 17.3 Å². The van der Waals surface area contributed by atoms with E-state index in [-0.39, 0.29) is 39.2 Å². The Labute approximate surface area is 173 Å². The molecule has 1 atom stereocenters. The van der Waals surface area contributed by atoms with Crippen molar-refractivity contribution < 1.29 is 23.1 Å². The highest BCUT2D eigenvalue weighted by Crippen LogP contribution is 2.42. The van der Waals surface area contributed by atoms with Crippen LogP contribution >= 0.6 is 11.6 Å². The van der Waals surface area contributed by atoms with E-state index in [0.29, 0.717) is 22.3 Å². The van der Waals surface area contributed by atoms with Crippen molar-refractivity contribution in [3.63, 3.8) is 0 Å². The first kappa shape index (κ1) is 18.4. The summed E-state index contributed by atoms with van der Waals surface area (Å²) in [6, 6.07) is 7.88. The molecule has 0 bridgehead atoms. The van der Waals surface area contributed by atoms with Gasteiger partial charge in [-0.15, -0.1) is 0 Å². The summed E-state index contributed by atoms with van der Waals surface area (Å²) >= 11 is 5.90. The molecule has 2 aromatic heterocycles. The molecule has 7 nitrogen and oxygen atoms in total. The van der Waals surface area contributed by atoms with Crippen molar-refractivity contribution in [2.45, 2.75) is 12.3 Å². The van der Waals surface area contributed by atoms with Crippen LogP contribution in [-0.4, -0.2) is 13.1 Å². The van der Waals surface area contributed by atoms with Gasteiger partial charge in [-0.1, -0.05) is 11.6 Å². The topological polar surface area (TPSA) is 96.0 Å². The summed E-state index contributed by atoms with van der Waals surface area (Å²) in [6.07, 6.45) is 2.35. The second kappa shape index (κ2) is 6.74. The van der Waals surface area contributed by atoms with Crippen LogP contribution < -0.4 is 20.3 Å². The Balaban J connectivity index is 1.81. The molecule has 2 aromatic carbocycles. The molecule has 5 rings (SSSR count). The van der Waals surface area contributed by atoms with E-state index in [9.17, 15) is 14.4 Å². The molecule has 0 saturated carbocycles. The fourth-order valence-corrected chi connectivity index (χ4v) is 3.94. The number of carbonyl (C=O) groups excluding carboxylic acids is 1. The number of halogens is 1. The number of carbonyl (C=O) groups is 1. The van der Waals surface area contributed by atoms with E-state index in [1.165, 1.54) is 25.5 Å². The molecule has 0 N–H and O–H groups in total. The molecule has 0 spiro atoms. The molecule has 30 heavy (non-hydrogen) atoms. The number of ether oxygens (including phenoxy) is 2. The maximum atomic E-state index is 13.3. The number of rotatable bonds is 2. The highest BCUT2D eigenvalue weighted by Gasteiger charge is 2.34. The van der Waals surface area contributed by atoms with E-state index in [1.807, 2.05) is 0 Å². The highest BCUT2D eigenvalue weighted by atomic mass is 35.5. The number of fused-ring (bicyclic) bond motifs is 4. The van der Waals surface area contributed by atoms with Crippen LogP contribution in [0.4, 0.5) is 0 Å². The first-order valence-electron chi connectivity index (χ1n) is 9.02. The summed E-state index contributed by atoms with van der Waals surface area (Å²) in [6.45, 7) is 0. The van der Waals surface area contributed by atoms with Crippen LogP contribution in [0.1, 0.15) is 23.5 Å². The van der Waals surface area contributed by atoms with Gasteiger partial charge >= 0.3 is 5.97 Å². The molecule has 0 fully saturated rings. The van der Waals surface area contributed by atoms with Crippen molar-refractivity contribution in [1.82, 2.24) is 0 Å². The van der Waals surface area contributed by atoms with E-state index in [2.05, 4.69) is 0 Å². The van der Waals surface area contributed by atoms with Gasteiger partial charge in [-0.3, -0.25) is 14.4 Å². The lowest BCUT2D eigenvalue weighted by Gasteiger charge is -2.24. The van der Waals surface area contributed by atoms with E-state index in [0.717, 1.165) is 6.26 Å². The third-order valence-electron chi connectivity index (χ3n) is 5.22. The molecule has 150 valence electrons. The van der Waals surface area contributed by atoms with Crippen molar-refractivity contribution >= 4 is 39.5 Å². The molecule has 0 aliphatic carbocycles. The molecule has 3 heterocycles. The largest absolute Gasteiger partial charge is 0.497 e. The molecule has 8 heteroatoms. The molecule has 0 radical (unpaired) electrons. The Hall–Kier alpha value is -3.58. The van der Waals surface area contributed by atoms with Gasteiger partial charge in [0.1, 0.15) is 34.0 Å². The first-order chi connectivity index (χ1) is 14.5. The quantitative estimate of drug-likeness (QED) is 0.354. The van der Waals surface area contributed by atoms with Gasteiger partial charge < -0.3 is 18.3 Å². The van der Waals surface area contributed by atoms with E-state index in [1.54, 1.807) is 18.2 Å². The van der Waals surface area contributed by atoms with Crippen molar-refractivity contribution in [2.24, 2.45) is 0 Å². The van der Waals surface area contributed by atoms with Crippen molar-refractivity contribution in [2.75, 3.05) is 7.11 Å². The van der Waals surface area contributed by atoms with Gasteiger partial charge in [0, 0.05) is 17.0 Å². The number of hydrogen-bond acceptors (Lipinski definition) is 7. The molecule has 0 saturated heterocycles. The second-order valence-corrected chi connectivity index (χ2v) is 7.29. The molecule has 1 aliphatic rings. The van der Waals surface area contributed by atoms with Gasteiger partial charge in [0.05, 0.1) is 30.6 Å². The van der Waals surface area contributed by atoms with Crippen LogP contribution in [0.5, 0.6) is 11.5 Å². The Kier molecular flexibility index (Phi) is 4.15. The van der Waals surface area contributed by atoms with Gasteiger partial charge in [0.15, 0.2) is 5.43 Å². The van der Waals surface area contributed by atoms with E-state index >= 15 is 0 Å². The monoisotopic (exact) mass is 424 g/mol. The fraction of sp³-hybridized carbons (Fsp3) is 0.136. The van der Waals surface area contributed by atoms with Gasteiger partial charge in [0.2, 0.25) is 5.43 Å². The zero-order valence-electron chi connectivity index (χ0n) is 15.6. The Morgan fingerprint density at radius 3 is 2.63 bits per heavy atom. The minimum Gasteiger partial charge on any atom is -0.497 e. The van der Waals surface area contributed by atoms with Crippen LogP contribution in [0.2, 0.25) is 5.02 Å². The average molecular weight is 425 g/mol. The highest BCUT2D eigenvalue weighted by molar-refractivity contribution is 6.30. The number of benzene rings is 2.